The van der Waals surface area contributed by atoms with Crippen molar-refractivity contribution >= 4 is 53.8 Å². The van der Waals surface area contributed by atoms with Crippen molar-refractivity contribution in [2.45, 2.75) is 26.2 Å². The Bertz CT molecular complexity index is 459. The molecule has 0 heterocycles. The molecule has 0 aromatic heterocycles. The molecule has 1 aromatic carbocycles. The Hall–Kier alpha value is -0.270. The molecule has 0 aliphatic carbocycles. The second-order valence-electron chi connectivity index (χ2n) is 3.86. The summed E-state index contributed by atoms with van der Waals surface area (Å²) in [5, 5.41) is 19.5. The van der Waals surface area contributed by atoms with Gasteiger partial charge in [-0.05, 0) is 54.2 Å². The van der Waals surface area contributed by atoms with Crippen LogP contribution in [0.5, 0.6) is 11.5 Å². The van der Waals surface area contributed by atoms with Gasteiger partial charge in [0.25, 0.3) is 0 Å². The maximum absolute atomic E-state index is 11.9. The molecule has 106 valence electrons. The van der Waals surface area contributed by atoms with E-state index in [9.17, 15) is 15.0 Å². The van der Waals surface area contributed by atoms with E-state index in [0.29, 0.717) is 8.95 Å². The van der Waals surface area contributed by atoms with E-state index in [1.165, 1.54) is 0 Å². The number of ether oxygens (including phenoxy) is 1. The van der Waals surface area contributed by atoms with Gasteiger partial charge in [0.1, 0.15) is 5.56 Å². The van der Waals surface area contributed by atoms with Crippen LogP contribution in [0, 0.1) is 0 Å². The third kappa shape index (κ3) is 3.86. The van der Waals surface area contributed by atoms with E-state index in [2.05, 4.69) is 47.8 Å². The van der Waals surface area contributed by atoms with Gasteiger partial charge >= 0.3 is 5.97 Å². The van der Waals surface area contributed by atoms with Crippen LogP contribution in [-0.4, -0.2) is 22.8 Å². The Kier molecular flexibility index (Phi) is 6.62. The fourth-order valence-electron chi connectivity index (χ4n) is 1.41. The van der Waals surface area contributed by atoms with Gasteiger partial charge in [0.2, 0.25) is 0 Å². The average Bonchev–Trinajstić information content (AvgIpc) is 2.39. The molecule has 0 saturated carbocycles. The topological polar surface area (TPSA) is 66.8 Å². The number of phenolic OH excluding ortho intramolecular Hbond substituents is 2. The number of unbranched alkanes of at least 4 members (excludes halogenated alkanes) is 2. The predicted molar refractivity (Wildman–Crippen MR) is 82.7 cm³/mol. The lowest BCUT2D eigenvalue weighted by Crippen LogP contribution is -2.08. The van der Waals surface area contributed by atoms with Gasteiger partial charge in [-0.3, -0.25) is 0 Å². The first-order valence-corrected chi connectivity index (χ1v) is 8.05. The monoisotopic (exact) mass is 458 g/mol. The van der Waals surface area contributed by atoms with E-state index in [0.717, 1.165) is 19.3 Å². The van der Waals surface area contributed by atoms with Gasteiger partial charge in [-0.2, -0.15) is 0 Å². The third-order valence-corrected chi connectivity index (χ3v) is 5.88. The molecule has 0 aliphatic rings. The van der Waals surface area contributed by atoms with E-state index in [1.54, 1.807) is 0 Å². The van der Waals surface area contributed by atoms with E-state index < -0.39 is 17.5 Å². The molecule has 0 amide bonds. The van der Waals surface area contributed by atoms with Crippen LogP contribution in [0.3, 0.4) is 0 Å². The molecule has 0 unspecified atom stereocenters. The van der Waals surface area contributed by atoms with Gasteiger partial charge in [0, 0.05) is 0 Å². The van der Waals surface area contributed by atoms with Gasteiger partial charge in [0.05, 0.1) is 20.0 Å². The van der Waals surface area contributed by atoms with E-state index in [-0.39, 0.29) is 16.6 Å². The molecule has 0 fully saturated rings. The molecule has 2 N–H and O–H groups in total. The zero-order valence-electron chi connectivity index (χ0n) is 10.2. The van der Waals surface area contributed by atoms with Gasteiger partial charge in [-0.1, -0.05) is 19.8 Å². The van der Waals surface area contributed by atoms with Crippen LogP contribution in [0.1, 0.15) is 36.5 Å². The highest BCUT2D eigenvalue weighted by Crippen LogP contribution is 2.46. The molecular formula is C12H13Br3O4. The fourth-order valence-corrected chi connectivity index (χ4v) is 3.00. The third-order valence-electron chi connectivity index (χ3n) is 2.46. The molecule has 1 aromatic rings. The summed E-state index contributed by atoms with van der Waals surface area (Å²) in [5.41, 5.74) is -0.0935. The van der Waals surface area contributed by atoms with E-state index in [4.69, 9.17) is 4.74 Å². The van der Waals surface area contributed by atoms with Crippen molar-refractivity contribution < 1.29 is 19.7 Å². The highest BCUT2D eigenvalue weighted by molar-refractivity contribution is 9.14. The lowest BCUT2D eigenvalue weighted by molar-refractivity contribution is 0.0493. The van der Waals surface area contributed by atoms with Gasteiger partial charge in [-0.25, -0.2) is 4.79 Å². The normalized spacial score (nSPS) is 10.5. The fraction of sp³-hybridized carbons (Fsp3) is 0.417. The maximum Gasteiger partial charge on any atom is 0.343 e. The second kappa shape index (κ2) is 7.50. The van der Waals surface area contributed by atoms with Crippen LogP contribution < -0.4 is 0 Å². The number of benzene rings is 1. The summed E-state index contributed by atoms with van der Waals surface area (Å²) < 4.78 is 6.09. The quantitative estimate of drug-likeness (QED) is 0.288. The van der Waals surface area contributed by atoms with Crippen molar-refractivity contribution in [3.8, 4) is 11.5 Å². The van der Waals surface area contributed by atoms with Crippen LogP contribution in [-0.2, 0) is 4.74 Å². The Balaban J connectivity index is 2.97. The molecule has 0 spiro atoms. The Morgan fingerprint density at radius 1 is 1.05 bits per heavy atom. The Morgan fingerprint density at radius 2 is 1.68 bits per heavy atom. The molecule has 1 rings (SSSR count). The maximum atomic E-state index is 11.9. The Morgan fingerprint density at radius 3 is 2.26 bits per heavy atom. The summed E-state index contributed by atoms with van der Waals surface area (Å²) in [5.74, 6) is -1.60. The first-order valence-electron chi connectivity index (χ1n) is 5.67. The first-order chi connectivity index (χ1) is 8.91. The minimum absolute atomic E-state index is 0.0935. The predicted octanol–water partition coefficient (Wildman–Crippen LogP) is 4.73. The number of phenols is 2. The number of esters is 1. The lowest BCUT2D eigenvalue weighted by Gasteiger charge is -2.12. The first kappa shape index (κ1) is 16.8. The molecule has 7 heteroatoms. The number of carbonyl (C=O) groups excluding carboxylic acids is 1. The molecule has 0 saturated heterocycles. The second-order valence-corrected chi connectivity index (χ2v) is 6.24. The van der Waals surface area contributed by atoms with Gasteiger partial charge in [-0.15, -0.1) is 0 Å². The highest BCUT2D eigenvalue weighted by atomic mass is 79.9. The van der Waals surface area contributed by atoms with Crippen molar-refractivity contribution in [2.75, 3.05) is 6.61 Å². The largest absolute Gasteiger partial charge is 0.504 e. The summed E-state index contributed by atoms with van der Waals surface area (Å²) in [6.45, 7) is 2.33. The number of aromatic hydroxyl groups is 2. The smallest absolute Gasteiger partial charge is 0.343 e. The number of hydrogen-bond acceptors (Lipinski definition) is 4. The van der Waals surface area contributed by atoms with Crippen LogP contribution in [0.4, 0.5) is 0 Å². The van der Waals surface area contributed by atoms with Crippen molar-refractivity contribution in [1.82, 2.24) is 0 Å². The molecule has 19 heavy (non-hydrogen) atoms. The van der Waals surface area contributed by atoms with E-state index in [1.807, 2.05) is 6.92 Å². The highest BCUT2D eigenvalue weighted by Gasteiger charge is 2.25. The average molecular weight is 461 g/mol. The minimum atomic E-state index is -0.677. The molecule has 0 atom stereocenters. The number of rotatable bonds is 5. The summed E-state index contributed by atoms with van der Waals surface area (Å²) in [4.78, 5) is 11.9. The zero-order chi connectivity index (χ0) is 14.6. The molecular weight excluding hydrogens is 448 g/mol. The lowest BCUT2D eigenvalue weighted by atomic mass is 10.2. The SMILES string of the molecule is CCCCCOC(=O)c1c(O)c(O)c(Br)c(Br)c1Br. The molecule has 4 nitrogen and oxygen atoms in total. The number of carbonyl (C=O) groups is 1. The molecule has 0 radical (unpaired) electrons. The van der Waals surface area contributed by atoms with Gasteiger partial charge < -0.3 is 14.9 Å². The van der Waals surface area contributed by atoms with Crippen molar-refractivity contribution in [3.05, 3.63) is 19.0 Å². The molecule has 0 bridgehead atoms. The standard InChI is InChI=1S/C12H13Br3O4/c1-2-3-4-5-19-12(18)6-7(13)8(14)9(15)11(17)10(6)16/h16-17H,2-5H2,1H3. The molecule has 0 aliphatic heterocycles. The Labute approximate surface area is 136 Å². The van der Waals surface area contributed by atoms with Crippen LogP contribution >= 0.6 is 47.8 Å². The zero-order valence-corrected chi connectivity index (χ0v) is 14.9. The van der Waals surface area contributed by atoms with Gasteiger partial charge in [0.15, 0.2) is 11.5 Å². The van der Waals surface area contributed by atoms with Crippen LogP contribution in [0.25, 0.3) is 0 Å². The van der Waals surface area contributed by atoms with Crippen molar-refractivity contribution in [1.29, 1.82) is 0 Å². The van der Waals surface area contributed by atoms with Crippen LogP contribution in [0.2, 0.25) is 0 Å². The van der Waals surface area contributed by atoms with E-state index >= 15 is 0 Å². The van der Waals surface area contributed by atoms with Crippen LogP contribution in [0.15, 0.2) is 13.4 Å². The van der Waals surface area contributed by atoms with Crippen molar-refractivity contribution in [3.63, 3.8) is 0 Å². The summed E-state index contributed by atoms with van der Waals surface area (Å²) in [7, 11) is 0. The summed E-state index contributed by atoms with van der Waals surface area (Å²) in [6, 6.07) is 0. The number of halogens is 3. The van der Waals surface area contributed by atoms with Crippen molar-refractivity contribution in [2.24, 2.45) is 0 Å². The summed E-state index contributed by atoms with van der Waals surface area (Å²) in [6.07, 6.45) is 2.76. The number of hydrogen-bond donors (Lipinski definition) is 2. The minimum Gasteiger partial charge on any atom is -0.504 e. The summed E-state index contributed by atoms with van der Waals surface area (Å²) >= 11 is 9.49.